The van der Waals surface area contributed by atoms with E-state index in [1.165, 1.54) is 6.20 Å². The summed E-state index contributed by atoms with van der Waals surface area (Å²) in [7, 11) is 0. The topological polar surface area (TPSA) is 74.8 Å². The van der Waals surface area contributed by atoms with Crippen molar-refractivity contribution in [2.45, 2.75) is 31.9 Å². The van der Waals surface area contributed by atoms with Crippen molar-refractivity contribution < 1.29 is 8.78 Å². The van der Waals surface area contributed by atoms with Crippen molar-refractivity contribution in [1.82, 2.24) is 14.5 Å². The molecule has 0 saturated carbocycles. The molecule has 2 aromatic heterocycles. The number of nitrogens with zero attached hydrogens (tertiary/aromatic N) is 5. The highest BCUT2D eigenvalue weighted by molar-refractivity contribution is 5.77. The Hall–Kier alpha value is -3.34. The molecule has 0 amide bonds. The molecule has 8 heteroatoms. The molecule has 0 radical (unpaired) electrons. The predicted molar refractivity (Wildman–Crippen MR) is 100 cm³/mol. The highest BCUT2D eigenvalue weighted by Gasteiger charge is 2.32. The lowest BCUT2D eigenvalue weighted by atomic mass is 10.1. The summed E-state index contributed by atoms with van der Waals surface area (Å²) >= 11 is 0. The molecule has 0 N–H and O–H groups in total. The minimum absolute atomic E-state index is 0.327. The zero-order chi connectivity index (χ0) is 19.7. The van der Waals surface area contributed by atoms with Crippen molar-refractivity contribution in [2.75, 3.05) is 11.4 Å². The number of halogens is 2. The highest BCUT2D eigenvalue weighted by atomic mass is 19.3. The van der Waals surface area contributed by atoms with Crippen LogP contribution in [0.15, 0.2) is 47.4 Å². The van der Waals surface area contributed by atoms with E-state index in [9.17, 15) is 13.6 Å². The third kappa shape index (κ3) is 3.20. The molecule has 0 bridgehead atoms. The molecule has 0 aliphatic carbocycles. The Morgan fingerprint density at radius 1 is 1.25 bits per heavy atom. The van der Waals surface area contributed by atoms with E-state index >= 15 is 0 Å². The third-order valence-corrected chi connectivity index (χ3v) is 4.93. The number of alkyl halides is 2. The standard InChI is InChI=1S/C20H17F2N5O/c21-17(22)12-27-19(25-15-5-2-1-4-14(15)20(27)28)16-6-3-9-26(16)18-8-7-13(10-23)11-24-18/h1-2,4-5,7-8,11,16-17H,3,6,9,12H2. The molecule has 3 heterocycles. The van der Waals surface area contributed by atoms with E-state index in [1.54, 1.807) is 36.4 Å². The second-order valence-electron chi connectivity index (χ2n) is 6.66. The second-order valence-corrected chi connectivity index (χ2v) is 6.66. The summed E-state index contributed by atoms with van der Waals surface area (Å²) in [5, 5.41) is 9.28. The average molecular weight is 381 g/mol. The summed E-state index contributed by atoms with van der Waals surface area (Å²) in [6.45, 7) is -0.0297. The number of pyridine rings is 1. The van der Waals surface area contributed by atoms with Gasteiger partial charge in [0.25, 0.3) is 12.0 Å². The van der Waals surface area contributed by atoms with E-state index in [2.05, 4.69) is 9.97 Å². The van der Waals surface area contributed by atoms with Crippen LogP contribution in [-0.4, -0.2) is 27.5 Å². The summed E-state index contributed by atoms with van der Waals surface area (Å²) in [6.07, 6.45) is 0.312. The van der Waals surface area contributed by atoms with Gasteiger partial charge in [0, 0.05) is 12.7 Å². The number of nitriles is 1. The number of anilines is 1. The molecule has 1 saturated heterocycles. The van der Waals surface area contributed by atoms with Gasteiger partial charge >= 0.3 is 0 Å². The van der Waals surface area contributed by atoms with Crippen LogP contribution in [0.2, 0.25) is 0 Å². The highest BCUT2D eigenvalue weighted by Crippen LogP contribution is 2.34. The van der Waals surface area contributed by atoms with Gasteiger partial charge in [0.15, 0.2) is 0 Å². The maximum absolute atomic E-state index is 13.2. The van der Waals surface area contributed by atoms with Crippen molar-refractivity contribution in [3.63, 3.8) is 0 Å². The fourth-order valence-corrected chi connectivity index (χ4v) is 3.69. The summed E-state index contributed by atoms with van der Waals surface area (Å²) in [4.78, 5) is 23.8. The molecule has 1 atom stereocenters. The number of para-hydroxylation sites is 1. The van der Waals surface area contributed by atoms with Gasteiger partial charge in [0.1, 0.15) is 17.7 Å². The first-order chi connectivity index (χ1) is 13.6. The SMILES string of the molecule is N#Cc1ccc(N2CCCC2c2nc3ccccc3c(=O)n2CC(F)F)nc1. The van der Waals surface area contributed by atoms with Crippen LogP contribution in [0.3, 0.4) is 0 Å². The van der Waals surface area contributed by atoms with Gasteiger partial charge in [-0.15, -0.1) is 0 Å². The number of aromatic nitrogens is 3. The lowest BCUT2D eigenvalue weighted by Crippen LogP contribution is -2.34. The molecule has 28 heavy (non-hydrogen) atoms. The van der Waals surface area contributed by atoms with Crippen molar-refractivity contribution in [2.24, 2.45) is 0 Å². The minimum Gasteiger partial charge on any atom is -0.346 e. The van der Waals surface area contributed by atoms with E-state index in [0.29, 0.717) is 41.1 Å². The van der Waals surface area contributed by atoms with Crippen molar-refractivity contribution in [1.29, 1.82) is 5.26 Å². The Kier molecular flexibility index (Phi) is 4.74. The van der Waals surface area contributed by atoms with E-state index in [1.807, 2.05) is 11.0 Å². The zero-order valence-electron chi connectivity index (χ0n) is 14.9. The lowest BCUT2D eigenvalue weighted by Gasteiger charge is -2.27. The summed E-state index contributed by atoms with van der Waals surface area (Å²) in [5.41, 5.74) is 0.478. The van der Waals surface area contributed by atoms with Gasteiger partial charge in [0.05, 0.1) is 29.1 Å². The molecule has 3 aromatic rings. The predicted octanol–water partition coefficient (Wildman–Crippen LogP) is 3.27. The van der Waals surface area contributed by atoms with Crippen LogP contribution in [0.1, 0.15) is 30.3 Å². The molecule has 1 aliphatic heterocycles. The van der Waals surface area contributed by atoms with E-state index < -0.39 is 18.5 Å². The Morgan fingerprint density at radius 2 is 2.07 bits per heavy atom. The lowest BCUT2D eigenvalue weighted by molar-refractivity contribution is 0.123. The number of benzene rings is 1. The molecule has 1 aliphatic rings. The summed E-state index contributed by atoms with van der Waals surface area (Å²) in [6, 6.07) is 11.9. The van der Waals surface area contributed by atoms with E-state index in [4.69, 9.17) is 5.26 Å². The first-order valence-corrected chi connectivity index (χ1v) is 8.99. The maximum atomic E-state index is 13.2. The fraction of sp³-hybridized carbons (Fsp3) is 0.300. The van der Waals surface area contributed by atoms with E-state index in [0.717, 1.165) is 11.0 Å². The van der Waals surface area contributed by atoms with Crippen LogP contribution in [0.25, 0.3) is 10.9 Å². The Balaban J connectivity index is 1.84. The average Bonchev–Trinajstić information content (AvgIpc) is 3.19. The molecule has 1 fully saturated rings. The molecule has 0 spiro atoms. The van der Waals surface area contributed by atoms with Gasteiger partial charge in [-0.25, -0.2) is 18.7 Å². The number of fused-ring (bicyclic) bond motifs is 1. The quantitative estimate of drug-likeness (QED) is 0.693. The van der Waals surface area contributed by atoms with Crippen molar-refractivity contribution in [3.8, 4) is 6.07 Å². The van der Waals surface area contributed by atoms with Crippen molar-refractivity contribution in [3.05, 3.63) is 64.3 Å². The smallest absolute Gasteiger partial charge is 0.261 e. The number of hydrogen-bond donors (Lipinski definition) is 0. The third-order valence-electron chi connectivity index (χ3n) is 4.93. The van der Waals surface area contributed by atoms with Gasteiger partial charge in [-0.2, -0.15) is 5.26 Å². The van der Waals surface area contributed by atoms with Crippen LogP contribution >= 0.6 is 0 Å². The van der Waals surface area contributed by atoms with Gasteiger partial charge in [-0.05, 0) is 37.1 Å². The monoisotopic (exact) mass is 381 g/mol. The Labute approximate surface area is 159 Å². The van der Waals surface area contributed by atoms with Gasteiger partial charge in [-0.3, -0.25) is 9.36 Å². The zero-order valence-corrected chi connectivity index (χ0v) is 14.9. The largest absolute Gasteiger partial charge is 0.346 e. The normalized spacial score (nSPS) is 16.6. The number of hydrogen-bond acceptors (Lipinski definition) is 5. The second kappa shape index (κ2) is 7.35. The Bertz CT molecular complexity index is 1100. The van der Waals surface area contributed by atoms with Gasteiger partial charge in [-0.1, -0.05) is 12.1 Å². The van der Waals surface area contributed by atoms with Crippen LogP contribution in [-0.2, 0) is 6.54 Å². The Morgan fingerprint density at radius 3 is 2.79 bits per heavy atom. The molecule has 1 aromatic carbocycles. The summed E-state index contributed by atoms with van der Waals surface area (Å²) in [5.74, 6) is 0.958. The van der Waals surface area contributed by atoms with Crippen LogP contribution in [0, 0.1) is 11.3 Å². The first kappa shape index (κ1) is 18.0. The van der Waals surface area contributed by atoms with Gasteiger partial charge in [0.2, 0.25) is 0 Å². The minimum atomic E-state index is -2.66. The van der Waals surface area contributed by atoms with Crippen LogP contribution in [0.5, 0.6) is 0 Å². The molecule has 6 nitrogen and oxygen atoms in total. The van der Waals surface area contributed by atoms with Crippen LogP contribution < -0.4 is 10.5 Å². The van der Waals surface area contributed by atoms with Gasteiger partial charge < -0.3 is 4.90 Å². The maximum Gasteiger partial charge on any atom is 0.261 e. The molecule has 4 rings (SSSR count). The summed E-state index contributed by atoms with van der Waals surface area (Å²) < 4.78 is 27.6. The molecule has 1 unspecified atom stereocenters. The first-order valence-electron chi connectivity index (χ1n) is 8.99. The van der Waals surface area contributed by atoms with E-state index in [-0.39, 0.29) is 6.04 Å². The number of rotatable bonds is 4. The fourth-order valence-electron chi connectivity index (χ4n) is 3.69. The molecular weight excluding hydrogens is 364 g/mol. The van der Waals surface area contributed by atoms with Crippen molar-refractivity contribution >= 4 is 16.7 Å². The van der Waals surface area contributed by atoms with Crippen LogP contribution in [0.4, 0.5) is 14.6 Å². The molecular formula is C20H17F2N5O. The molecule has 142 valence electrons.